The number of nitrogens with zero attached hydrogens (tertiary/aromatic N) is 1. The Kier molecular flexibility index (Phi) is 4.21. The lowest BCUT2D eigenvalue weighted by atomic mass is 9.45. The predicted molar refractivity (Wildman–Crippen MR) is 95.1 cm³/mol. The molecule has 0 aliphatic heterocycles. The monoisotopic (exact) mass is 330 g/mol. The molecule has 0 aromatic rings. The van der Waals surface area contributed by atoms with Crippen LogP contribution in [0.2, 0.25) is 0 Å². The van der Waals surface area contributed by atoms with Gasteiger partial charge in [0.15, 0.2) is 0 Å². The number of fused-ring (bicyclic) bond motifs is 5. The topological polar surface area (TPSA) is 56.0 Å². The molecule has 0 aromatic heterocycles. The van der Waals surface area contributed by atoms with E-state index in [1.165, 1.54) is 44.9 Å². The summed E-state index contributed by atoms with van der Waals surface area (Å²) in [7, 11) is 0. The summed E-state index contributed by atoms with van der Waals surface area (Å²) in [6.07, 6.45) is 11.3. The number of nitrogens with one attached hydrogen (secondary N) is 1. The van der Waals surface area contributed by atoms with E-state index in [1.54, 1.807) is 0 Å². The highest BCUT2D eigenvalue weighted by molar-refractivity contribution is 5.11. The van der Waals surface area contributed by atoms with E-state index >= 15 is 0 Å². The van der Waals surface area contributed by atoms with E-state index < -0.39 is 0 Å². The molecule has 24 heavy (non-hydrogen) atoms. The molecule has 0 spiro atoms. The Morgan fingerprint density at radius 1 is 1.00 bits per heavy atom. The summed E-state index contributed by atoms with van der Waals surface area (Å²) in [6.45, 7) is 5.57. The minimum Gasteiger partial charge on any atom is -0.393 e. The van der Waals surface area contributed by atoms with Crippen LogP contribution in [0.25, 0.3) is 0 Å². The standard InChI is InChI=1S/C21H34N2O/c1-20-9-7-15(24)13-14(20)3-4-16-17-5-6-19(23-12-11-22)21(17,2)10-8-18(16)20/h14-19,23-24H,3-10,12-13H2,1-2H3/t14-,15+,16-,17+,18+,19+,20-,21-/m0/s1. The largest absolute Gasteiger partial charge is 0.393 e. The number of aliphatic hydroxyl groups excluding tert-OH is 1. The molecule has 4 aliphatic carbocycles. The SMILES string of the molecule is C[C@]12CC[C@@H](O)C[C@@H]1CC[C@@H]1[C@H]2CC[C@@]2(C)[C@@H]1CC[C@H]2NCC#N. The van der Waals surface area contributed by atoms with Gasteiger partial charge in [-0.25, -0.2) is 0 Å². The Morgan fingerprint density at radius 3 is 2.54 bits per heavy atom. The van der Waals surface area contributed by atoms with E-state index in [4.69, 9.17) is 5.26 Å². The molecule has 8 atom stereocenters. The van der Waals surface area contributed by atoms with E-state index in [9.17, 15) is 5.11 Å². The molecule has 134 valence electrons. The summed E-state index contributed by atoms with van der Waals surface area (Å²) in [6, 6.07) is 2.82. The highest BCUT2D eigenvalue weighted by Crippen LogP contribution is 2.66. The zero-order valence-electron chi connectivity index (χ0n) is 15.4. The van der Waals surface area contributed by atoms with Gasteiger partial charge in [0, 0.05) is 6.04 Å². The summed E-state index contributed by atoms with van der Waals surface area (Å²) < 4.78 is 0. The van der Waals surface area contributed by atoms with Gasteiger partial charge in [0.05, 0.1) is 18.7 Å². The normalized spacial score (nSPS) is 53.6. The Morgan fingerprint density at radius 2 is 1.75 bits per heavy atom. The Labute approximate surface area is 147 Å². The lowest BCUT2D eigenvalue weighted by molar-refractivity contribution is -0.123. The Bertz CT molecular complexity index is 528. The second-order valence-corrected chi connectivity index (χ2v) is 9.80. The third-order valence-electron chi connectivity index (χ3n) is 9.07. The summed E-state index contributed by atoms with van der Waals surface area (Å²) in [5.41, 5.74) is 0.872. The van der Waals surface area contributed by atoms with Crippen molar-refractivity contribution in [2.45, 2.75) is 83.8 Å². The first-order valence-electron chi connectivity index (χ1n) is 10.3. The molecular formula is C21H34N2O. The zero-order chi connectivity index (χ0) is 16.9. The van der Waals surface area contributed by atoms with Crippen LogP contribution in [0.5, 0.6) is 0 Å². The van der Waals surface area contributed by atoms with Crippen molar-refractivity contribution in [2.75, 3.05) is 6.54 Å². The predicted octanol–water partition coefficient (Wildman–Crippen LogP) is 3.87. The molecule has 3 heteroatoms. The maximum Gasteiger partial charge on any atom is 0.0843 e. The number of rotatable bonds is 2. The third kappa shape index (κ3) is 2.36. The van der Waals surface area contributed by atoms with E-state index in [0.29, 0.717) is 23.4 Å². The summed E-state index contributed by atoms with van der Waals surface area (Å²) in [5.74, 6) is 3.35. The number of aliphatic hydroxyl groups is 1. The van der Waals surface area contributed by atoms with Crippen LogP contribution in [-0.2, 0) is 0 Å². The lowest BCUT2D eigenvalue weighted by Crippen LogP contribution is -2.55. The first-order chi connectivity index (χ1) is 11.5. The molecule has 4 rings (SSSR count). The molecule has 0 heterocycles. The van der Waals surface area contributed by atoms with Crippen LogP contribution in [-0.4, -0.2) is 23.8 Å². The minimum atomic E-state index is -0.0421. The van der Waals surface area contributed by atoms with Crippen molar-refractivity contribution in [3.05, 3.63) is 0 Å². The fourth-order valence-corrected chi connectivity index (χ4v) is 7.74. The smallest absolute Gasteiger partial charge is 0.0843 e. The number of hydrogen-bond donors (Lipinski definition) is 2. The molecule has 0 unspecified atom stereocenters. The van der Waals surface area contributed by atoms with Gasteiger partial charge in [-0.05, 0) is 92.3 Å². The average molecular weight is 331 g/mol. The van der Waals surface area contributed by atoms with Gasteiger partial charge >= 0.3 is 0 Å². The molecule has 4 saturated carbocycles. The highest BCUT2D eigenvalue weighted by atomic mass is 16.3. The van der Waals surface area contributed by atoms with Crippen LogP contribution in [0, 0.1) is 45.8 Å². The molecule has 0 bridgehead atoms. The van der Waals surface area contributed by atoms with Crippen LogP contribution in [0.4, 0.5) is 0 Å². The molecular weight excluding hydrogens is 296 g/mol. The van der Waals surface area contributed by atoms with Crippen molar-refractivity contribution in [2.24, 2.45) is 34.5 Å². The van der Waals surface area contributed by atoms with Gasteiger partial charge in [0.25, 0.3) is 0 Å². The lowest BCUT2D eigenvalue weighted by Gasteiger charge is -2.61. The second-order valence-electron chi connectivity index (χ2n) is 9.80. The summed E-state index contributed by atoms with van der Waals surface area (Å²) >= 11 is 0. The van der Waals surface area contributed by atoms with Gasteiger partial charge in [-0.2, -0.15) is 5.26 Å². The molecule has 4 fully saturated rings. The molecule has 0 amide bonds. The van der Waals surface area contributed by atoms with Crippen molar-refractivity contribution in [3.8, 4) is 6.07 Å². The molecule has 0 aromatic carbocycles. The Balaban J connectivity index is 1.55. The van der Waals surface area contributed by atoms with Crippen LogP contribution < -0.4 is 5.32 Å². The van der Waals surface area contributed by atoms with Crippen molar-refractivity contribution in [3.63, 3.8) is 0 Å². The van der Waals surface area contributed by atoms with Crippen molar-refractivity contribution in [1.82, 2.24) is 5.32 Å². The molecule has 0 saturated heterocycles. The number of hydrogen-bond acceptors (Lipinski definition) is 3. The fourth-order valence-electron chi connectivity index (χ4n) is 7.74. The molecule has 3 nitrogen and oxygen atoms in total. The van der Waals surface area contributed by atoms with Crippen molar-refractivity contribution < 1.29 is 5.11 Å². The van der Waals surface area contributed by atoms with Gasteiger partial charge < -0.3 is 10.4 Å². The Hall–Kier alpha value is -0.590. The van der Waals surface area contributed by atoms with Crippen LogP contribution >= 0.6 is 0 Å². The number of nitriles is 1. The second kappa shape index (κ2) is 5.99. The van der Waals surface area contributed by atoms with Crippen LogP contribution in [0.3, 0.4) is 0 Å². The van der Waals surface area contributed by atoms with Gasteiger partial charge in [-0.15, -0.1) is 0 Å². The fraction of sp³-hybridized carbons (Fsp3) is 0.952. The van der Waals surface area contributed by atoms with Gasteiger partial charge in [-0.3, -0.25) is 0 Å². The zero-order valence-corrected chi connectivity index (χ0v) is 15.4. The first-order valence-corrected chi connectivity index (χ1v) is 10.3. The minimum absolute atomic E-state index is 0.0421. The molecule has 2 N–H and O–H groups in total. The molecule has 4 aliphatic rings. The molecule has 0 radical (unpaired) electrons. The van der Waals surface area contributed by atoms with Crippen molar-refractivity contribution >= 4 is 0 Å². The quantitative estimate of drug-likeness (QED) is 0.756. The van der Waals surface area contributed by atoms with E-state index in [0.717, 1.165) is 36.5 Å². The maximum atomic E-state index is 10.1. The van der Waals surface area contributed by atoms with Gasteiger partial charge in [0.2, 0.25) is 0 Å². The van der Waals surface area contributed by atoms with E-state index in [1.807, 2.05) is 0 Å². The van der Waals surface area contributed by atoms with E-state index in [2.05, 4.69) is 25.2 Å². The van der Waals surface area contributed by atoms with Crippen LogP contribution in [0.15, 0.2) is 0 Å². The highest BCUT2D eigenvalue weighted by Gasteiger charge is 2.59. The van der Waals surface area contributed by atoms with Crippen LogP contribution in [0.1, 0.15) is 71.6 Å². The first kappa shape index (κ1) is 16.9. The summed E-state index contributed by atoms with van der Waals surface area (Å²) in [5, 5.41) is 22.6. The van der Waals surface area contributed by atoms with Gasteiger partial charge in [-0.1, -0.05) is 13.8 Å². The maximum absolute atomic E-state index is 10.1. The summed E-state index contributed by atoms with van der Waals surface area (Å²) in [4.78, 5) is 0. The third-order valence-corrected chi connectivity index (χ3v) is 9.07. The van der Waals surface area contributed by atoms with Gasteiger partial charge in [0.1, 0.15) is 0 Å². The van der Waals surface area contributed by atoms with Crippen molar-refractivity contribution in [1.29, 1.82) is 5.26 Å². The average Bonchev–Trinajstić information content (AvgIpc) is 2.90. The van der Waals surface area contributed by atoms with E-state index in [-0.39, 0.29) is 6.10 Å².